The van der Waals surface area contributed by atoms with Crippen LogP contribution in [-0.2, 0) is 0 Å². The van der Waals surface area contributed by atoms with Crippen LogP contribution in [0.15, 0.2) is 30.3 Å². The first kappa shape index (κ1) is 20.0. The monoisotopic (exact) mass is 410 g/mol. The second kappa shape index (κ2) is 8.50. The summed E-state index contributed by atoms with van der Waals surface area (Å²) in [4.78, 5) is 5.01. The second-order valence-electron chi connectivity index (χ2n) is 6.98. The number of anilines is 1. The summed E-state index contributed by atoms with van der Waals surface area (Å²) in [6.07, 6.45) is 4.00. The first-order valence-electron chi connectivity index (χ1n) is 9.09. The molecule has 0 aliphatic carbocycles. The van der Waals surface area contributed by atoms with Crippen LogP contribution in [0.4, 0.5) is 5.82 Å². The van der Waals surface area contributed by atoms with Gasteiger partial charge in [-0.15, -0.1) is 35.0 Å². The molecule has 3 aliphatic rings. The number of benzene rings is 1. The zero-order valence-electron chi connectivity index (χ0n) is 15.0. The van der Waals surface area contributed by atoms with E-state index in [9.17, 15) is 0 Å². The van der Waals surface area contributed by atoms with E-state index in [4.69, 9.17) is 9.47 Å². The minimum Gasteiger partial charge on any atom is -0.454 e. The third-order valence-corrected chi connectivity index (χ3v) is 5.48. The molecule has 0 unspecified atom stereocenters. The fourth-order valence-corrected chi connectivity index (χ4v) is 4.07. The molecule has 1 aromatic carbocycles. The Morgan fingerprint density at radius 1 is 0.889 bits per heavy atom. The Morgan fingerprint density at radius 2 is 1.78 bits per heavy atom. The van der Waals surface area contributed by atoms with E-state index in [1.165, 1.54) is 25.8 Å². The fraction of sp³-hybridized carbons (Fsp3) is 0.474. The number of piperidine rings is 1. The summed E-state index contributed by atoms with van der Waals surface area (Å²) in [5, 5.41) is 8.95. The summed E-state index contributed by atoms with van der Waals surface area (Å²) in [5.41, 5.74) is 1.86. The molecule has 0 N–H and O–H groups in total. The van der Waals surface area contributed by atoms with Gasteiger partial charge < -0.3 is 14.4 Å². The highest BCUT2D eigenvalue weighted by molar-refractivity contribution is 5.85. The number of hydrogen-bond acceptors (Lipinski definition) is 6. The van der Waals surface area contributed by atoms with Gasteiger partial charge in [0.25, 0.3) is 0 Å². The highest BCUT2D eigenvalue weighted by atomic mass is 35.5. The zero-order chi connectivity index (χ0) is 16.6. The summed E-state index contributed by atoms with van der Waals surface area (Å²) in [6.45, 7) is 4.78. The van der Waals surface area contributed by atoms with E-state index in [0.717, 1.165) is 48.2 Å². The van der Waals surface area contributed by atoms with E-state index in [2.05, 4.69) is 26.1 Å². The summed E-state index contributed by atoms with van der Waals surface area (Å²) < 4.78 is 10.8. The molecule has 3 aliphatic heterocycles. The number of piperazine rings is 1. The first-order chi connectivity index (χ1) is 12.4. The van der Waals surface area contributed by atoms with E-state index in [1.807, 2.05) is 24.3 Å². The fourth-order valence-electron chi connectivity index (χ4n) is 4.07. The maximum Gasteiger partial charge on any atom is 0.231 e. The van der Waals surface area contributed by atoms with Crippen molar-refractivity contribution in [3.63, 3.8) is 0 Å². The highest BCUT2D eigenvalue weighted by Crippen LogP contribution is 2.35. The van der Waals surface area contributed by atoms with E-state index < -0.39 is 0 Å². The molecule has 8 heteroatoms. The Kier molecular flexibility index (Phi) is 6.29. The highest BCUT2D eigenvalue weighted by Gasteiger charge is 2.29. The van der Waals surface area contributed by atoms with Crippen LogP contribution < -0.4 is 14.4 Å². The normalized spacial score (nSPS) is 21.0. The molecule has 6 nitrogen and oxygen atoms in total. The molecule has 2 aromatic rings. The lowest BCUT2D eigenvalue weighted by Crippen LogP contribution is -2.55. The van der Waals surface area contributed by atoms with Crippen molar-refractivity contribution in [1.29, 1.82) is 0 Å². The van der Waals surface area contributed by atoms with Gasteiger partial charge in [-0.05, 0) is 49.7 Å². The van der Waals surface area contributed by atoms with Gasteiger partial charge in [0.2, 0.25) is 6.79 Å². The number of nitrogens with zero attached hydrogens (tertiary/aromatic N) is 4. The SMILES string of the molecule is Cl.Cl.c1cc2c(cc1-c1ccc(N3CCN4CCCC[C@@H]4C3)nn1)OCO2. The van der Waals surface area contributed by atoms with Gasteiger partial charge in [0, 0.05) is 31.2 Å². The van der Waals surface area contributed by atoms with Gasteiger partial charge >= 0.3 is 0 Å². The van der Waals surface area contributed by atoms with Gasteiger partial charge in [-0.2, -0.15) is 0 Å². The maximum atomic E-state index is 5.45. The zero-order valence-corrected chi connectivity index (χ0v) is 16.7. The third kappa shape index (κ3) is 3.93. The minimum absolute atomic E-state index is 0. The Balaban J connectivity index is 0.00000105. The number of halogens is 2. The molecule has 4 heterocycles. The van der Waals surface area contributed by atoms with Crippen molar-refractivity contribution in [3.8, 4) is 22.8 Å². The number of aromatic nitrogens is 2. The first-order valence-corrected chi connectivity index (χ1v) is 9.09. The molecule has 146 valence electrons. The van der Waals surface area contributed by atoms with Crippen molar-refractivity contribution in [2.45, 2.75) is 25.3 Å². The van der Waals surface area contributed by atoms with E-state index in [-0.39, 0.29) is 31.6 Å². The molecule has 2 fully saturated rings. The number of ether oxygens (including phenoxy) is 2. The quantitative estimate of drug-likeness (QED) is 0.755. The molecule has 0 radical (unpaired) electrons. The molecular formula is C19H24Cl2N4O2. The van der Waals surface area contributed by atoms with Crippen molar-refractivity contribution >= 4 is 30.6 Å². The lowest BCUT2D eigenvalue weighted by Gasteiger charge is -2.44. The van der Waals surface area contributed by atoms with Crippen molar-refractivity contribution < 1.29 is 9.47 Å². The van der Waals surface area contributed by atoms with Crippen molar-refractivity contribution in [3.05, 3.63) is 30.3 Å². The molecule has 0 saturated carbocycles. The van der Waals surface area contributed by atoms with Crippen LogP contribution in [-0.4, -0.2) is 54.1 Å². The predicted molar refractivity (Wildman–Crippen MR) is 110 cm³/mol. The average molecular weight is 411 g/mol. The molecule has 1 atom stereocenters. The van der Waals surface area contributed by atoms with E-state index >= 15 is 0 Å². The van der Waals surface area contributed by atoms with Crippen LogP contribution in [0.1, 0.15) is 19.3 Å². The Labute approximate surface area is 171 Å². The third-order valence-electron chi connectivity index (χ3n) is 5.48. The van der Waals surface area contributed by atoms with E-state index in [0.29, 0.717) is 6.04 Å². The summed E-state index contributed by atoms with van der Waals surface area (Å²) in [6, 6.07) is 10.7. The Bertz CT molecular complexity index is 775. The molecule has 27 heavy (non-hydrogen) atoms. The van der Waals surface area contributed by atoms with Crippen LogP contribution in [0.2, 0.25) is 0 Å². The molecule has 2 saturated heterocycles. The van der Waals surface area contributed by atoms with Gasteiger partial charge in [-0.25, -0.2) is 0 Å². The van der Waals surface area contributed by atoms with Crippen LogP contribution >= 0.6 is 24.8 Å². The topological polar surface area (TPSA) is 50.7 Å². The summed E-state index contributed by atoms with van der Waals surface area (Å²) in [7, 11) is 0. The number of rotatable bonds is 2. The molecule has 1 aromatic heterocycles. The standard InChI is InChI=1S/C19H22N4O2.2ClH/c1-2-8-22-9-10-23(12-15(22)3-1)19-7-5-16(20-21-19)14-4-6-17-18(11-14)25-13-24-17;;/h4-7,11,15H,1-3,8-10,12-13H2;2*1H/t15-;;/m1../s1. The van der Waals surface area contributed by atoms with Crippen LogP contribution in [0.5, 0.6) is 11.5 Å². The van der Waals surface area contributed by atoms with Crippen molar-refractivity contribution in [2.75, 3.05) is 37.9 Å². The second-order valence-corrected chi connectivity index (χ2v) is 6.98. The maximum absolute atomic E-state index is 5.45. The molecule has 0 spiro atoms. The largest absolute Gasteiger partial charge is 0.454 e. The van der Waals surface area contributed by atoms with Gasteiger partial charge in [0.1, 0.15) is 0 Å². The van der Waals surface area contributed by atoms with Crippen LogP contribution in [0, 0.1) is 0 Å². The summed E-state index contributed by atoms with van der Waals surface area (Å²) in [5.74, 6) is 2.55. The number of fused-ring (bicyclic) bond motifs is 2. The van der Waals surface area contributed by atoms with Crippen molar-refractivity contribution in [1.82, 2.24) is 15.1 Å². The van der Waals surface area contributed by atoms with Crippen LogP contribution in [0.3, 0.4) is 0 Å². The molecule has 0 amide bonds. The molecular weight excluding hydrogens is 387 g/mol. The van der Waals surface area contributed by atoms with E-state index in [1.54, 1.807) is 0 Å². The van der Waals surface area contributed by atoms with Crippen molar-refractivity contribution in [2.24, 2.45) is 0 Å². The smallest absolute Gasteiger partial charge is 0.231 e. The predicted octanol–water partition coefficient (Wildman–Crippen LogP) is 3.39. The number of hydrogen-bond donors (Lipinski definition) is 0. The van der Waals surface area contributed by atoms with Gasteiger partial charge in [-0.3, -0.25) is 4.90 Å². The van der Waals surface area contributed by atoms with Gasteiger partial charge in [-0.1, -0.05) is 6.42 Å². The lowest BCUT2D eigenvalue weighted by atomic mass is 9.99. The minimum atomic E-state index is 0. The lowest BCUT2D eigenvalue weighted by molar-refractivity contribution is 0.133. The van der Waals surface area contributed by atoms with Gasteiger partial charge in [0.05, 0.1) is 5.69 Å². The Morgan fingerprint density at radius 3 is 2.63 bits per heavy atom. The van der Waals surface area contributed by atoms with Crippen LogP contribution in [0.25, 0.3) is 11.3 Å². The molecule has 0 bridgehead atoms. The Hall–Kier alpha value is -1.76. The average Bonchev–Trinajstić information content (AvgIpc) is 3.15. The molecule has 5 rings (SSSR count). The van der Waals surface area contributed by atoms with Gasteiger partial charge in [0.15, 0.2) is 17.3 Å². The summed E-state index contributed by atoms with van der Waals surface area (Å²) >= 11 is 0.